The third kappa shape index (κ3) is 5.36. The minimum Gasteiger partial charge on any atom is -0.497 e. The van der Waals surface area contributed by atoms with Gasteiger partial charge >= 0.3 is 0 Å². The SMILES string of the molecule is COc1ccc(C=CC(=O)c2ccccc2NCCN(C)C)c(OC)c1. The molecule has 0 unspecified atom stereocenters. The summed E-state index contributed by atoms with van der Waals surface area (Å²) >= 11 is 0. The molecule has 0 aliphatic carbocycles. The first kappa shape index (κ1) is 19.5. The van der Waals surface area contributed by atoms with Crippen molar-refractivity contribution in [1.82, 2.24) is 4.90 Å². The van der Waals surface area contributed by atoms with Crippen molar-refractivity contribution in [2.24, 2.45) is 0 Å². The zero-order valence-corrected chi connectivity index (χ0v) is 15.8. The summed E-state index contributed by atoms with van der Waals surface area (Å²) in [5, 5.41) is 3.32. The second kappa shape index (κ2) is 9.63. The standard InChI is InChI=1S/C21H26N2O3/c1-23(2)14-13-22-19-8-6-5-7-18(19)20(24)12-10-16-9-11-17(25-3)15-21(16)26-4/h5-12,15,22H,13-14H2,1-4H3. The molecule has 0 saturated heterocycles. The summed E-state index contributed by atoms with van der Waals surface area (Å²) in [5.41, 5.74) is 2.31. The molecule has 0 spiro atoms. The Balaban J connectivity index is 2.16. The topological polar surface area (TPSA) is 50.8 Å². The maximum atomic E-state index is 12.7. The third-order valence-electron chi connectivity index (χ3n) is 3.92. The maximum Gasteiger partial charge on any atom is 0.187 e. The number of ether oxygens (including phenoxy) is 2. The van der Waals surface area contributed by atoms with Crippen molar-refractivity contribution >= 4 is 17.5 Å². The van der Waals surface area contributed by atoms with Crippen molar-refractivity contribution in [2.45, 2.75) is 0 Å². The van der Waals surface area contributed by atoms with E-state index < -0.39 is 0 Å². The molecule has 138 valence electrons. The Hall–Kier alpha value is -2.79. The number of nitrogens with one attached hydrogen (secondary N) is 1. The molecule has 0 bridgehead atoms. The molecule has 0 aliphatic heterocycles. The van der Waals surface area contributed by atoms with E-state index in [0.717, 1.165) is 24.3 Å². The normalized spacial score (nSPS) is 11.0. The molecular weight excluding hydrogens is 328 g/mol. The lowest BCUT2D eigenvalue weighted by Crippen LogP contribution is -2.21. The van der Waals surface area contributed by atoms with Gasteiger partial charge in [-0.2, -0.15) is 0 Å². The molecule has 0 radical (unpaired) electrons. The van der Waals surface area contributed by atoms with E-state index in [1.807, 2.05) is 50.5 Å². The highest BCUT2D eigenvalue weighted by molar-refractivity contribution is 6.10. The summed E-state index contributed by atoms with van der Waals surface area (Å²) in [4.78, 5) is 14.7. The molecule has 1 N–H and O–H groups in total. The fraction of sp³-hybridized carbons (Fsp3) is 0.286. The van der Waals surface area contributed by atoms with E-state index in [4.69, 9.17) is 9.47 Å². The van der Waals surface area contributed by atoms with Crippen LogP contribution >= 0.6 is 0 Å². The lowest BCUT2D eigenvalue weighted by molar-refractivity contribution is 0.104. The van der Waals surface area contributed by atoms with Gasteiger partial charge in [0, 0.05) is 36.0 Å². The average molecular weight is 354 g/mol. The molecular formula is C21H26N2O3. The van der Waals surface area contributed by atoms with E-state index in [1.165, 1.54) is 0 Å². The fourth-order valence-electron chi connectivity index (χ4n) is 2.48. The molecule has 0 fully saturated rings. The van der Waals surface area contributed by atoms with Gasteiger partial charge in [-0.1, -0.05) is 12.1 Å². The number of hydrogen-bond acceptors (Lipinski definition) is 5. The number of benzene rings is 2. The Morgan fingerprint density at radius 3 is 2.58 bits per heavy atom. The number of hydrogen-bond donors (Lipinski definition) is 1. The lowest BCUT2D eigenvalue weighted by atomic mass is 10.1. The van der Waals surface area contributed by atoms with Crippen molar-refractivity contribution in [1.29, 1.82) is 0 Å². The van der Waals surface area contributed by atoms with Crippen LogP contribution in [0.3, 0.4) is 0 Å². The molecule has 5 heteroatoms. The Bertz CT molecular complexity index is 770. The van der Waals surface area contributed by atoms with Gasteiger partial charge in [-0.25, -0.2) is 0 Å². The number of carbonyl (C=O) groups is 1. The van der Waals surface area contributed by atoms with Crippen molar-refractivity contribution in [2.75, 3.05) is 46.7 Å². The monoisotopic (exact) mass is 354 g/mol. The number of para-hydroxylation sites is 1. The van der Waals surface area contributed by atoms with Crippen molar-refractivity contribution in [3.8, 4) is 11.5 Å². The summed E-state index contributed by atoms with van der Waals surface area (Å²) in [6.07, 6.45) is 3.33. The summed E-state index contributed by atoms with van der Waals surface area (Å²) in [6.45, 7) is 1.66. The van der Waals surface area contributed by atoms with Crippen LogP contribution in [0.5, 0.6) is 11.5 Å². The number of nitrogens with zero attached hydrogens (tertiary/aromatic N) is 1. The minimum atomic E-state index is -0.0594. The average Bonchev–Trinajstić information content (AvgIpc) is 2.66. The van der Waals surface area contributed by atoms with E-state index >= 15 is 0 Å². The first-order valence-corrected chi connectivity index (χ1v) is 8.47. The van der Waals surface area contributed by atoms with Gasteiger partial charge in [-0.05, 0) is 50.5 Å². The number of rotatable bonds is 9. The van der Waals surface area contributed by atoms with Crippen LogP contribution < -0.4 is 14.8 Å². The molecule has 0 atom stereocenters. The van der Waals surface area contributed by atoms with Gasteiger partial charge in [0.1, 0.15) is 11.5 Å². The number of anilines is 1. The highest BCUT2D eigenvalue weighted by Gasteiger charge is 2.09. The van der Waals surface area contributed by atoms with E-state index in [-0.39, 0.29) is 5.78 Å². The van der Waals surface area contributed by atoms with Crippen molar-refractivity contribution in [3.63, 3.8) is 0 Å². The first-order chi connectivity index (χ1) is 12.5. The van der Waals surface area contributed by atoms with Gasteiger partial charge in [0.2, 0.25) is 0 Å². The van der Waals surface area contributed by atoms with Crippen LogP contribution in [0.2, 0.25) is 0 Å². The van der Waals surface area contributed by atoms with E-state index in [1.54, 1.807) is 32.4 Å². The van der Waals surface area contributed by atoms with E-state index in [0.29, 0.717) is 17.1 Å². The highest BCUT2D eigenvalue weighted by atomic mass is 16.5. The van der Waals surface area contributed by atoms with Crippen LogP contribution in [-0.4, -0.2) is 52.1 Å². The zero-order chi connectivity index (χ0) is 18.9. The largest absolute Gasteiger partial charge is 0.497 e. The summed E-state index contributed by atoms with van der Waals surface area (Å²) in [5.74, 6) is 1.31. The van der Waals surface area contributed by atoms with Crippen LogP contribution in [0, 0.1) is 0 Å². The van der Waals surface area contributed by atoms with Crippen molar-refractivity contribution in [3.05, 3.63) is 59.7 Å². The van der Waals surface area contributed by atoms with Crippen molar-refractivity contribution < 1.29 is 14.3 Å². The third-order valence-corrected chi connectivity index (χ3v) is 3.92. The van der Waals surface area contributed by atoms with E-state index in [2.05, 4.69) is 10.2 Å². The summed E-state index contributed by atoms with van der Waals surface area (Å²) in [6, 6.07) is 13.0. The smallest absolute Gasteiger partial charge is 0.187 e. The number of ketones is 1. The number of allylic oxidation sites excluding steroid dienone is 1. The fourth-order valence-corrected chi connectivity index (χ4v) is 2.48. The molecule has 2 aromatic rings. The quantitative estimate of drug-likeness (QED) is 0.551. The Kier molecular flexibility index (Phi) is 7.24. The number of methoxy groups -OCH3 is 2. The lowest BCUT2D eigenvalue weighted by Gasteiger charge is -2.13. The second-order valence-electron chi connectivity index (χ2n) is 6.08. The predicted octanol–water partition coefficient (Wildman–Crippen LogP) is 3.57. The minimum absolute atomic E-state index is 0.0594. The maximum absolute atomic E-state index is 12.7. The van der Waals surface area contributed by atoms with Crippen LogP contribution in [0.4, 0.5) is 5.69 Å². The van der Waals surface area contributed by atoms with Gasteiger partial charge in [0.05, 0.1) is 14.2 Å². The van der Waals surface area contributed by atoms with Gasteiger partial charge < -0.3 is 19.7 Å². The molecule has 26 heavy (non-hydrogen) atoms. The Labute approximate surface area is 155 Å². The summed E-state index contributed by atoms with van der Waals surface area (Å²) < 4.78 is 10.6. The zero-order valence-electron chi connectivity index (χ0n) is 15.8. The van der Waals surface area contributed by atoms with Gasteiger partial charge in [-0.15, -0.1) is 0 Å². The molecule has 0 aliphatic rings. The highest BCUT2D eigenvalue weighted by Crippen LogP contribution is 2.26. The van der Waals surface area contributed by atoms with Gasteiger partial charge in [0.25, 0.3) is 0 Å². The molecule has 5 nitrogen and oxygen atoms in total. The second-order valence-corrected chi connectivity index (χ2v) is 6.08. The van der Waals surface area contributed by atoms with Gasteiger partial charge in [0.15, 0.2) is 5.78 Å². The number of carbonyl (C=O) groups excluding carboxylic acids is 1. The van der Waals surface area contributed by atoms with Crippen LogP contribution in [0.1, 0.15) is 15.9 Å². The van der Waals surface area contributed by atoms with Crippen LogP contribution in [-0.2, 0) is 0 Å². The number of likely N-dealkylation sites (N-methyl/N-ethyl adjacent to an activating group) is 1. The molecule has 0 aromatic heterocycles. The molecule has 2 aromatic carbocycles. The summed E-state index contributed by atoms with van der Waals surface area (Å²) in [7, 11) is 7.24. The Morgan fingerprint density at radius 1 is 1.12 bits per heavy atom. The van der Waals surface area contributed by atoms with Gasteiger partial charge in [-0.3, -0.25) is 4.79 Å². The molecule has 0 heterocycles. The molecule has 0 saturated carbocycles. The predicted molar refractivity (Wildman–Crippen MR) is 106 cm³/mol. The molecule has 2 rings (SSSR count). The van der Waals surface area contributed by atoms with Crippen LogP contribution in [0.25, 0.3) is 6.08 Å². The van der Waals surface area contributed by atoms with Crippen LogP contribution in [0.15, 0.2) is 48.5 Å². The Morgan fingerprint density at radius 2 is 1.88 bits per heavy atom. The first-order valence-electron chi connectivity index (χ1n) is 8.47. The van der Waals surface area contributed by atoms with E-state index in [9.17, 15) is 4.79 Å². The molecule has 0 amide bonds.